The van der Waals surface area contributed by atoms with Crippen molar-refractivity contribution in [3.8, 4) is 0 Å². The van der Waals surface area contributed by atoms with Crippen molar-refractivity contribution in [2.45, 2.75) is 6.18 Å². The second-order valence-electron chi connectivity index (χ2n) is 3.04. The average molecular weight is 241 g/mol. The molecular formula is C8H4BF6O-. The lowest BCUT2D eigenvalue weighted by molar-refractivity contribution is -0.136. The van der Waals surface area contributed by atoms with Crippen LogP contribution in [0.4, 0.5) is 26.1 Å². The first kappa shape index (κ1) is 12.6. The number of alkyl halides is 3. The first-order valence-electron chi connectivity index (χ1n) is 4.02. The minimum Gasteiger partial charge on any atom is -0.445 e. The molecule has 16 heavy (non-hydrogen) atoms. The number of hydrogen-bond donors (Lipinski definition) is 0. The van der Waals surface area contributed by atoms with Gasteiger partial charge in [0.15, 0.2) is 0 Å². The van der Waals surface area contributed by atoms with Crippen molar-refractivity contribution in [1.82, 2.24) is 0 Å². The van der Waals surface area contributed by atoms with Crippen molar-refractivity contribution in [3.63, 3.8) is 0 Å². The van der Waals surface area contributed by atoms with E-state index in [0.29, 0.717) is 6.07 Å². The molecule has 0 N–H and O–H groups in total. The molecule has 88 valence electrons. The molecular weight excluding hydrogens is 237 g/mol. The number of benzene rings is 1. The van der Waals surface area contributed by atoms with E-state index in [1.165, 1.54) is 0 Å². The van der Waals surface area contributed by atoms with Crippen molar-refractivity contribution in [2.75, 3.05) is 0 Å². The van der Waals surface area contributed by atoms with Crippen molar-refractivity contribution < 1.29 is 30.9 Å². The molecule has 0 saturated heterocycles. The first-order valence-corrected chi connectivity index (χ1v) is 4.02. The maximum absolute atomic E-state index is 12.3. The molecule has 0 aliphatic rings. The van der Waals surface area contributed by atoms with E-state index in [1.54, 1.807) is 0 Å². The van der Waals surface area contributed by atoms with Crippen LogP contribution in [0.2, 0.25) is 0 Å². The van der Waals surface area contributed by atoms with E-state index in [9.17, 15) is 30.9 Å². The predicted molar refractivity (Wildman–Crippen MR) is 45.5 cm³/mol. The predicted octanol–water partition coefficient (Wildman–Crippen LogP) is 2.57. The van der Waals surface area contributed by atoms with Crippen LogP contribution in [0.3, 0.4) is 0 Å². The van der Waals surface area contributed by atoms with Gasteiger partial charge in [-0.15, -0.1) is 0 Å². The normalized spacial score (nSPS) is 12.6. The van der Waals surface area contributed by atoms with Gasteiger partial charge in [-0.25, -0.2) is 0 Å². The Balaban J connectivity index is 3.45. The van der Waals surface area contributed by atoms with E-state index < -0.39 is 29.7 Å². The molecule has 0 spiro atoms. The second-order valence-corrected chi connectivity index (χ2v) is 3.04. The highest BCUT2D eigenvalue weighted by Gasteiger charge is 2.39. The summed E-state index contributed by atoms with van der Waals surface area (Å²) in [7, 11) is 0. The Kier molecular flexibility index (Phi) is 3.02. The lowest BCUT2D eigenvalue weighted by Crippen LogP contribution is -2.39. The van der Waals surface area contributed by atoms with E-state index in [-0.39, 0.29) is 18.4 Å². The van der Waals surface area contributed by atoms with Crippen molar-refractivity contribution >= 4 is 18.7 Å². The van der Waals surface area contributed by atoms with Crippen molar-refractivity contribution in [1.29, 1.82) is 0 Å². The van der Waals surface area contributed by atoms with E-state index >= 15 is 0 Å². The summed E-state index contributed by atoms with van der Waals surface area (Å²) in [6, 6.07) is 1.16. The molecule has 0 amide bonds. The van der Waals surface area contributed by atoms with Gasteiger partial charge in [0.2, 0.25) is 0 Å². The van der Waals surface area contributed by atoms with Gasteiger partial charge in [0.05, 0.1) is 0 Å². The molecule has 0 fully saturated rings. The summed E-state index contributed by atoms with van der Waals surface area (Å²) >= 11 is 0. The zero-order chi connectivity index (χ0) is 12.6. The van der Waals surface area contributed by atoms with Crippen molar-refractivity contribution in [2.24, 2.45) is 0 Å². The molecule has 0 heterocycles. The fraction of sp³-hybridized carbons (Fsp3) is 0.125. The maximum atomic E-state index is 12.3. The highest BCUT2D eigenvalue weighted by molar-refractivity contribution is 6.74. The van der Waals surface area contributed by atoms with Gasteiger partial charge in [-0.2, -0.15) is 13.2 Å². The van der Waals surface area contributed by atoms with Gasteiger partial charge < -0.3 is 12.9 Å². The molecule has 0 atom stereocenters. The minimum absolute atomic E-state index is 0.0579. The number of aldehydes is 1. The monoisotopic (exact) mass is 241 g/mol. The van der Waals surface area contributed by atoms with Crippen LogP contribution in [0.25, 0.3) is 0 Å². The third kappa shape index (κ3) is 2.56. The van der Waals surface area contributed by atoms with Crippen LogP contribution >= 0.6 is 0 Å². The quantitative estimate of drug-likeness (QED) is 0.441. The Morgan fingerprint density at radius 1 is 1.12 bits per heavy atom. The van der Waals surface area contributed by atoms with E-state index in [1.807, 2.05) is 0 Å². The van der Waals surface area contributed by atoms with Gasteiger partial charge in [-0.3, -0.25) is 4.79 Å². The SMILES string of the molecule is O=Cc1ccc([B-](F)(F)F)c(C(F)(F)F)c1. The van der Waals surface area contributed by atoms with Gasteiger partial charge >= 0.3 is 13.2 Å². The summed E-state index contributed by atoms with van der Waals surface area (Å²) in [4.78, 5) is 10.2. The van der Waals surface area contributed by atoms with Crippen LogP contribution in [0.15, 0.2) is 18.2 Å². The summed E-state index contributed by atoms with van der Waals surface area (Å²) in [5.74, 6) is 0. The van der Waals surface area contributed by atoms with Crippen LogP contribution in [-0.4, -0.2) is 13.3 Å². The smallest absolute Gasteiger partial charge is 0.445 e. The summed E-state index contributed by atoms with van der Waals surface area (Å²) in [6.07, 6.45) is -5.08. The Labute approximate surface area is 86.1 Å². The van der Waals surface area contributed by atoms with E-state index in [4.69, 9.17) is 0 Å². The molecule has 1 aromatic carbocycles. The summed E-state index contributed by atoms with van der Waals surface area (Å²) in [6.45, 7) is -5.76. The standard InChI is InChI=1S/C8H4BF6O/c10-8(11,12)6-3-5(4-16)1-2-7(6)9(13,14)15/h1-4H/q-1. The topological polar surface area (TPSA) is 17.1 Å². The van der Waals surface area contributed by atoms with Gasteiger partial charge in [-0.1, -0.05) is 17.6 Å². The molecule has 0 aliphatic carbocycles. The number of carbonyl (C=O) groups is 1. The lowest BCUT2D eigenvalue weighted by atomic mass is 9.76. The largest absolute Gasteiger partial charge is 0.510 e. The second kappa shape index (κ2) is 3.84. The Morgan fingerprint density at radius 2 is 1.69 bits per heavy atom. The minimum atomic E-state index is -5.76. The number of hydrogen-bond acceptors (Lipinski definition) is 1. The summed E-state index contributed by atoms with van der Waals surface area (Å²) in [5.41, 5.74) is -4.01. The Morgan fingerprint density at radius 3 is 2.06 bits per heavy atom. The highest BCUT2D eigenvalue weighted by atomic mass is 19.4. The summed E-state index contributed by atoms with van der Waals surface area (Å²) in [5, 5.41) is 0. The molecule has 1 aromatic rings. The third-order valence-electron chi connectivity index (χ3n) is 1.87. The molecule has 0 saturated carbocycles. The van der Waals surface area contributed by atoms with Gasteiger partial charge in [0.25, 0.3) is 0 Å². The number of halogens is 6. The molecule has 0 unspecified atom stereocenters. The van der Waals surface area contributed by atoms with Crippen LogP contribution in [-0.2, 0) is 6.18 Å². The molecule has 1 rings (SSSR count). The third-order valence-corrected chi connectivity index (χ3v) is 1.87. The van der Waals surface area contributed by atoms with E-state index in [0.717, 1.165) is 0 Å². The van der Waals surface area contributed by atoms with Crippen molar-refractivity contribution in [3.05, 3.63) is 29.3 Å². The fourth-order valence-corrected chi connectivity index (χ4v) is 1.18. The van der Waals surface area contributed by atoms with Gasteiger partial charge in [-0.05, 0) is 6.07 Å². The Hall–Kier alpha value is -1.47. The number of rotatable bonds is 2. The molecule has 0 bridgehead atoms. The van der Waals surface area contributed by atoms with Gasteiger partial charge in [0, 0.05) is 11.1 Å². The van der Waals surface area contributed by atoms with E-state index in [2.05, 4.69) is 0 Å². The van der Waals surface area contributed by atoms with Crippen LogP contribution < -0.4 is 5.46 Å². The molecule has 1 nitrogen and oxygen atoms in total. The molecule has 0 aromatic heterocycles. The van der Waals surface area contributed by atoms with Crippen LogP contribution in [0.5, 0.6) is 0 Å². The summed E-state index contributed by atoms with van der Waals surface area (Å²) < 4.78 is 73.7. The first-order chi connectivity index (χ1) is 7.16. The molecule has 0 radical (unpaired) electrons. The maximum Gasteiger partial charge on any atom is 0.510 e. The fourth-order valence-electron chi connectivity index (χ4n) is 1.18. The lowest BCUT2D eigenvalue weighted by Gasteiger charge is -2.21. The zero-order valence-corrected chi connectivity index (χ0v) is 7.56. The van der Waals surface area contributed by atoms with Crippen LogP contribution in [0, 0.1) is 0 Å². The van der Waals surface area contributed by atoms with Crippen LogP contribution in [0.1, 0.15) is 15.9 Å². The average Bonchev–Trinajstić information content (AvgIpc) is 2.14. The zero-order valence-electron chi connectivity index (χ0n) is 7.56. The molecule has 0 aliphatic heterocycles. The number of carbonyl (C=O) groups excluding carboxylic acids is 1. The Bertz CT molecular complexity index is 408. The highest BCUT2D eigenvalue weighted by Crippen LogP contribution is 2.30. The van der Waals surface area contributed by atoms with Gasteiger partial charge in [0.1, 0.15) is 6.29 Å². The molecule has 8 heteroatoms.